The number of carbonyl (C=O) groups is 3. The molecule has 3 aromatic rings. The lowest BCUT2D eigenvalue weighted by molar-refractivity contribution is -0.137. The van der Waals surface area contributed by atoms with Crippen molar-refractivity contribution in [3.05, 3.63) is 89.6 Å². The molecule has 0 saturated carbocycles. The number of thioether (sulfide) groups is 1. The summed E-state index contributed by atoms with van der Waals surface area (Å²) >= 11 is 1.28. The number of benzene rings is 3. The fourth-order valence-corrected chi connectivity index (χ4v) is 3.90. The highest BCUT2D eigenvalue weighted by atomic mass is 32.2. The predicted octanol–water partition coefficient (Wildman–Crippen LogP) is 4.38. The van der Waals surface area contributed by atoms with Gasteiger partial charge >= 0.3 is 5.97 Å². The minimum Gasteiger partial charge on any atom is -0.497 e. The summed E-state index contributed by atoms with van der Waals surface area (Å²) < 4.78 is 15.4. The van der Waals surface area contributed by atoms with Crippen LogP contribution in [-0.2, 0) is 14.3 Å². The number of anilines is 1. The summed E-state index contributed by atoms with van der Waals surface area (Å²) in [5.74, 6) is -0.138. The highest BCUT2D eigenvalue weighted by Gasteiger charge is 2.17. The minimum atomic E-state index is -0.542. The summed E-state index contributed by atoms with van der Waals surface area (Å²) in [5.41, 5.74) is 1.43. The van der Waals surface area contributed by atoms with Crippen LogP contribution in [0.3, 0.4) is 0 Å². The van der Waals surface area contributed by atoms with Crippen molar-refractivity contribution >= 4 is 41.3 Å². The fraction of sp³-hybridized carbons (Fsp3) is 0.148. The lowest BCUT2D eigenvalue weighted by atomic mass is 10.1. The zero-order valence-electron chi connectivity index (χ0n) is 20.1. The number of carbonyl (C=O) groups excluding carboxylic acids is 3. The van der Waals surface area contributed by atoms with E-state index in [0.29, 0.717) is 28.3 Å². The van der Waals surface area contributed by atoms with Crippen molar-refractivity contribution in [1.82, 2.24) is 5.32 Å². The molecular weight excluding hydrogens is 480 g/mol. The summed E-state index contributed by atoms with van der Waals surface area (Å²) in [7, 11) is 4.37. The predicted molar refractivity (Wildman–Crippen MR) is 139 cm³/mol. The molecule has 2 amide bonds. The Morgan fingerprint density at radius 1 is 0.889 bits per heavy atom. The maximum absolute atomic E-state index is 13.3. The zero-order chi connectivity index (χ0) is 25.9. The van der Waals surface area contributed by atoms with Gasteiger partial charge < -0.3 is 24.8 Å². The number of ether oxygens (including phenoxy) is 3. The molecule has 0 aromatic heterocycles. The normalized spacial score (nSPS) is 10.8. The van der Waals surface area contributed by atoms with Crippen molar-refractivity contribution in [1.29, 1.82) is 0 Å². The third-order valence-electron chi connectivity index (χ3n) is 4.94. The van der Waals surface area contributed by atoms with Crippen LogP contribution in [0.2, 0.25) is 0 Å². The van der Waals surface area contributed by atoms with Crippen LogP contribution in [0.15, 0.2) is 83.4 Å². The van der Waals surface area contributed by atoms with Crippen LogP contribution >= 0.6 is 11.8 Å². The molecule has 0 spiro atoms. The molecule has 0 bridgehead atoms. The molecule has 0 aliphatic rings. The van der Waals surface area contributed by atoms with Crippen molar-refractivity contribution in [2.45, 2.75) is 4.90 Å². The van der Waals surface area contributed by atoms with Gasteiger partial charge in [0, 0.05) is 21.7 Å². The zero-order valence-corrected chi connectivity index (χ0v) is 20.9. The van der Waals surface area contributed by atoms with E-state index in [2.05, 4.69) is 15.4 Å². The molecule has 0 atom stereocenters. The van der Waals surface area contributed by atoms with E-state index in [1.54, 1.807) is 66.7 Å². The molecule has 186 valence electrons. The van der Waals surface area contributed by atoms with Gasteiger partial charge in [0.25, 0.3) is 11.8 Å². The second-order valence-electron chi connectivity index (χ2n) is 7.33. The summed E-state index contributed by atoms with van der Waals surface area (Å²) in [4.78, 5) is 38.4. The van der Waals surface area contributed by atoms with Crippen LogP contribution in [-0.4, -0.2) is 44.9 Å². The van der Waals surface area contributed by atoms with Crippen LogP contribution in [0, 0.1) is 0 Å². The smallest absolute Gasteiger partial charge is 0.315 e. The summed E-state index contributed by atoms with van der Waals surface area (Å²) in [6.07, 6.45) is 1.52. The second kappa shape index (κ2) is 13.0. The lowest BCUT2D eigenvalue weighted by Crippen LogP contribution is -2.30. The first kappa shape index (κ1) is 26.4. The molecular formula is C27H26N2O6S. The highest BCUT2D eigenvalue weighted by molar-refractivity contribution is 8.00. The monoisotopic (exact) mass is 506 g/mol. The first-order chi connectivity index (χ1) is 17.4. The molecule has 36 heavy (non-hydrogen) atoms. The molecule has 8 nitrogen and oxygen atoms in total. The van der Waals surface area contributed by atoms with Gasteiger partial charge in [-0.05, 0) is 54.6 Å². The van der Waals surface area contributed by atoms with Gasteiger partial charge in [-0.2, -0.15) is 0 Å². The molecule has 0 unspecified atom stereocenters. The van der Waals surface area contributed by atoms with E-state index in [1.807, 2.05) is 6.07 Å². The quantitative estimate of drug-likeness (QED) is 0.239. The summed E-state index contributed by atoms with van der Waals surface area (Å²) in [6, 6.07) is 20.7. The Kier molecular flexibility index (Phi) is 9.53. The molecule has 2 N–H and O–H groups in total. The SMILES string of the molecule is COC(=O)CSc1cccc(NC(=O)/C(=C\c2cc(OC)ccc2OC)NC(=O)c2ccccc2)c1. The Hall–Kier alpha value is -4.24. The van der Waals surface area contributed by atoms with Gasteiger partial charge in [-0.15, -0.1) is 11.8 Å². The van der Waals surface area contributed by atoms with Crippen molar-refractivity contribution in [2.75, 3.05) is 32.4 Å². The van der Waals surface area contributed by atoms with E-state index in [4.69, 9.17) is 9.47 Å². The number of methoxy groups -OCH3 is 3. The highest BCUT2D eigenvalue weighted by Crippen LogP contribution is 2.27. The molecule has 0 aliphatic heterocycles. The van der Waals surface area contributed by atoms with Gasteiger partial charge in [0.1, 0.15) is 17.2 Å². The Labute approximate surface area is 213 Å². The Morgan fingerprint density at radius 3 is 2.36 bits per heavy atom. The largest absolute Gasteiger partial charge is 0.497 e. The topological polar surface area (TPSA) is 103 Å². The van der Waals surface area contributed by atoms with E-state index < -0.39 is 11.8 Å². The van der Waals surface area contributed by atoms with Crippen molar-refractivity contribution in [2.24, 2.45) is 0 Å². The first-order valence-corrected chi connectivity index (χ1v) is 11.8. The van der Waals surface area contributed by atoms with Crippen molar-refractivity contribution in [3.63, 3.8) is 0 Å². The van der Waals surface area contributed by atoms with Gasteiger partial charge in [-0.1, -0.05) is 24.3 Å². The van der Waals surface area contributed by atoms with E-state index >= 15 is 0 Å². The number of hydrogen-bond donors (Lipinski definition) is 2. The molecule has 0 heterocycles. The standard InChI is InChI=1S/C27H26N2O6S/c1-33-21-12-13-24(34-2)19(14-21)15-23(29-26(31)18-8-5-4-6-9-18)27(32)28-20-10-7-11-22(16-20)36-17-25(30)35-3/h4-16H,17H2,1-3H3,(H,28,32)(H,29,31)/b23-15+. The molecule has 0 aliphatic carbocycles. The summed E-state index contributed by atoms with van der Waals surface area (Å²) in [5, 5.41) is 5.50. The van der Waals surface area contributed by atoms with E-state index in [1.165, 1.54) is 39.2 Å². The van der Waals surface area contributed by atoms with E-state index in [-0.39, 0.29) is 17.4 Å². The maximum atomic E-state index is 13.3. The van der Waals surface area contributed by atoms with Gasteiger partial charge in [0.2, 0.25) is 0 Å². The number of amides is 2. The Balaban J connectivity index is 1.91. The van der Waals surface area contributed by atoms with Gasteiger partial charge in [0.05, 0.1) is 27.1 Å². The molecule has 0 fully saturated rings. The number of esters is 1. The Bertz CT molecular complexity index is 1260. The Morgan fingerprint density at radius 2 is 1.67 bits per heavy atom. The van der Waals surface area contributed by atoms with Gasteiger partial charge in [-0.25, -0.2) is 0 Å². The van der Waals surface area contributed by atoms with Crippen LogP contribution in [0.4, 0.5) is 5.69 Å². The van der Waals surface area contributed by atoms with E-state index in [0.717, 1.165) is 4.90 Å². The molecule has 9 heteroatoms. The molecule has 0 radical (unpaired) electrons. The molecule has 3 rings (SSSR count). The third-order valence-corrected chi connectivity index (χ3v) is 5.91. The van der Waals surface area contributed by atoms with Gasteiger partial charge in [0.15, 0.2) is 0 Å². The lowest BCUT2D eigenvalue weighted by Gasteiger charge is -2.13. The molecule has 0 saturated heterocycles. The summed E-state index contributed by atoms with van der Waals surface area (Å²) in [6.45, 7) is 0. The first-order valence-electron chi connectivity index (χ1n) is 10.8. The average Bonchev–Trinajstić information content (AvgIpc) is 2.91. The fourth-order valence-electron chi connectivity index (χ4n) is 3.11. The van der Waals surface area contributed by atoms with Gasteiger partial charge in [-0.3, -0.25) is 14.4 Å². The molecule has 3 aromatic carbocycles. The number of nitrogens with one attached hydrogen (secondary N) is 2. The van der Waals surface area contributed by atoms with Crippen LogP contribution in [0.1, 0.15) is 15.9 Å². The van der Waals surface area contributed by atoms with Crippen molar-refractivity contribution in [3.8, 4) is 11.5 Å². The minimum absolute atomic E-state index is 0.00280. The van der Waals surface area contributed by atoms with Crippen LogP contribution in [0.25, 0.3) is 6.08 Å². The van der Waals surface area contributed by atoms with Crippen molar-refractivity contribution < 1.29 is 28.6 Å². The van der Waals surface area contributed by atoms with Crippen LogP contribution in [0.5, 0.6) is 11.5 Å². The second-order valence-corrected chi connectivity index (χ2v) is 8.38. The maximum Gasteiger partial charge on any atom is 0.315 e. The number of rotatable bonds is 10. The van der Waals surface area contributed by atoms with E-state index in [9.17, 15) is 14.4 Å². The van der Waals surface area contributed by atoms with Crippen LogP contribution < -0.4 is 20.1 Å². The third kappa shape index (κ3) is 7.38. The average molecular weight is 507 g/mol. The number of hydrogen-bond acceptors (Lipinski definition) is 7.